The van der Waals surface area contributed by atoms with Crippen molar-refractivity contribution in [2.45, 2.75) is 0 Å². The van der Waals surface area contributed by atoms with Gasteiger partial charge in [-0.2, -0.15) is 0 Å². The van der Waals surface area contributed by atoms with Crippen molar-refractivity contribution in [3.8, 4) is 0 Å². The number of hydrogen-bond acceptors (Lipinski definition) is 5. The zero-order chi connectivity index (χ0) is 21.3. The van der Waals surface area contributed by atoms with Gasteiger partial charge in [0, 0.05) is 42.8 Å². The van der Waals surface area contributed by atoms with Crippen LogP contribution in [0.15, 0.2) is 54.2 Å². The highest BCUT2D eigenvalue weighted by Crippen LogP contribution is 2.36. The van der Waals surface area contributed by atoms with Gasteiger partial charge in [0.05, 0.1) is 17.9 Å². The normalized spacial score (nSPS) is 18.0. The van der Waals surface area contributed by atoms with Crippen LogP contribution < -0.4 is 4.90 Å². The third-order valence-electron chi connectivity index (χ3n) is 5.33. The van der Waals surface area contributed by atoms with Gasteiger partial charge in [0.25, 0.3) is 11.8 Å². The maximum atomic E-state index is 13.5. The molecule has 156 valence electrons. The lowest BCUT2D eigenvalue weighted by Gasteiger charge is -2.36. The number of carbonyl (C=O) groups excluding carboxylic acids is 2. The minimum Gasteiger partial charge on any atom is -0.395 e. The summed E-state index contributed by atoms with van der Waals surface area (Å²) in [5, 5.41) is 9.88. The summed E-state index contributed by atoms with van der Waals surface area (Å²) in [6.45, 7) is 3.29. The maximum Gasteiger partial charge on any atom is 0.282 e. The Bertz CT molecular complexity index is 982. The Labute approximate surface area is 184 Å². The summed E-state index contributed by atoms with van der Waals surface area (Å²) < 4.78 is 0. The third kappa shape index (κ3) is 3.96. The van der Waals surface area contributed by atoms with Crippen LogP contribution in [0.4, 0.5) is 5.69 Å². The minimum atomic E-state index is -0.391. The van der Waals surface area contributed by atoms with Crippen molar-refractivity contribution in [2.24, 2.45) is 0 Å². The van der Waals surface area contributed by atoms with Crippen LogP contribution in [0.2, 0.25) is 10.0 Å². The largest absolute Gasteiger partial charge is 0.395 e. The maximum absolute atomic E-state index is 13.5. The van der Waals surface area contributed by atoms with Crippen molar-refractivity contribution in [1.82, 2.24) is 9.80 Å². The van der Waals surface area contributed by atoms with Crippen molar-refractivity contribution < 1.29 is 14.7 Å². The van der Waals surface area contributed by atoms with E-state index >= 15 is 0 Å². The number of aliphatic hydroxyl groups excluding tert-OH is 1. The number of nitrogens with zero attached hydrogens (tertiary/aromatic N) is 3. The summed E-state index contributed by atoms with van der Waals surface area (Å²) in [5.74, 6) is -0.773. The molecule has 2 heterocycles. The van der Waals surface area contributed by atoms with Crippen LogP contribution in [0.3, 0.4) is 0 Å². The van der Waals surface area contributed by atoms with E-state index in [9.17, 15) is 14.7 Å². The molecule has 4 rings (SSSR count). The molecule has 2 aromatic carbocycles. The second-order valence-electron chi connectivity index (χ2n) is 7.22. The van der Waals surface area contributed by atoms with Crippen LogP contribution >= 0.6 is 23.2 Å². The first kappa shape index (κ1) is 20.9. The van der Waals surface area contributed by atoms with Gasteiger partial charge < -0.3 is 10.0 Å². The number of anilines is 1. The fraction of sp³-hybridized carbons (Fsp3) is 0.273. The Hall–Kier alpha value is -2.38. The lowest BCUT2D eigenvalue weighted by atomic mass is 10.0. The van der Waals surface area contributed by atoms with Gasteiger partial charge in [-0.15, -0.1) is 0 Å². The number of rotatable bonds is 5. The SMILES string of the molecule is O=C1C(c2ccccc2)=C(N2CCN(CCO)CC2)C(=O)N1c1cc(Cl)cc(Cl)c1. The monoisotopic (exact) mass is 445 g/mol. The zero-order valence-electron chi connectivity index (χ0n) is 16.2. The highest BCUT2D eigenvalue weighted by molar-refractivity contribution is 6.46. The molecule has 2 aliphatic heterocycles. The molecular weight excluding hydrogens is 425 g/mol. The number of aliphatic hydroxyl groups is 1. The van der Waals surface area contributed by atoms with Crippen LogP contribution in [0.1, 0.15) is 5.56 Å². The summed E-state index contributed by atoms with van der Waals surface area (Å²) in [5.41, 5.74) is 1.82. The van der Waals surface area contributed by atoms with E-state index in [1.165, 1.54) is 0 Å². The van der Waals surface area contributed by atoms with Crippen molar-refractivity contribution in [2.75, 3.05) is 44.2 Å². The molecule has 6 nitrogen and oxygen atoms in total. The van der Waals surface area contributed by atoms with Gasteiger partial charge in [-0.1, -0.05) is 53.5 Å². The highest BCUT2D eigenvalue weighted by Gasteiger charge is 2.43. The van der Waals surface area contributed by atoms with Gasteiger partial charge >= 0.3 is 0 Å². The molecule has 1 saturated heterocycles. The molecule has 0 bridgehead atoms. The molecule has 0 aliphatic carbocycles. The lowest BCUT2D eigenvalue weighted by molar-refractivity contribution is -0.120. The molecule has 1 N–H and O–H groups in total. The van der Waals surface area contributed by atoms with E-state index in [1.807, 2.05) is 35.2 Å². The van der Waals surface area contributed by atoms with Crippen molar-refractivity contribution in [1.29, 1.82) is 0 Å². The van der Waals surface area contributed by atoms with Crippen molar-refractivity contribution in [3.63, 3.8) is 0 Å². The Kier molecular flexibility index (Phi) is 6.11. The van der Waals surface area contributed by atoms with Gasteiger partial charge in [0.1, 0.15) is 5.70 Å². The molecule has 0 radical (unpaired) electrons. The number of piperazine rings is 1. The van der Waals surface area contributed by atoms with Crippen molar-refractivity contribution in [3.05, 3.63) is 69.8 Å². The fourth-order valence-corrected chi connectivity index (χ4v) is 4.43. The Morgan fingerprint density at radius 1 is 0.867 bits per heavy atom. The number of halogens is 2. The van der Waals surface area contributed by atoms with Gasteiger partial charge in [-0.3, -0.25) is 14.5 Å². The average molecular weight is 446 g/mol. The Balaban J connectivity index is 1.74. The molecular formula is C22H21Cl2N3O3. The first-order chi connectivity index (χ1) is 14.5. The fourth-order valence-electron chi connectivity index (χ4n) is 3.92. The number of carbonyl (C=O) groups is 2. The first-order valence-corrected chi connectivity index (χ1v) is 10.5. The van der Waals surface area contributed by atoms with E-state index < -0.39 is 5.91 Å². The summed E-state index contributed by atoms with van der Waals surface area (Å²) in [7, 11) is 0. The zero-order valence-corrected chi connectivity index (χ0v) is 17.7. The number of β-amino-alcohol motifs (C(OH)–C–C–N with tert-alkyl or cyclic N) is 1. The van der Waals surface area contributed by atoms with Crippen LogP contribution in [0, 0.1) is 0 Å². The number of benzene rings is 2. The standard InChI is InChI=1S/C22H21Cl2N3O3/c23-16-12-17(24)14-18(13-16)27-21(29)19(15-4-2-1-3-5-15)20(22(27)30)26-8-6-25(7-9-26)10-11-28/h1-5,12-14,28H,6-11H2. The second kappa shape index (κ2) is 8.78. The van der Waals surface area contributed by atoms with Gasteiger partial charge in [0.15, 0.2) is 0 Å². The van der Waals surface area contributed by atoms with E-state index in [0.717, 1.165) is 4.90 Å². The van der Waals surface area contributed by atoms with E-state index in [2.05, 4.69) is 4.90 Å². The smallest absolute Gasteiger partial charge is 0.282 e. The quantitative estimate of drug-likeness (QED) is 0.716. The van der Waals surface area contributed by atoms with Crippen LogP contribution in [0.5, 0.6) is 0 Å². The highest BCUT2D eigenvalue weighted by atomic mass is 35.5. The van der Waals surface area contributed by atoms with Gasteiger partial charge in [-0.25, -0.2) is 4.90 Å². The predicted molar refractivity (Wildman–Crippen MR) is 117 cm³/mol. The van der Waals surface area contributed by atoms with E-state index in [0.29, 0.717) is 65.3 Å². The predicted octanol–water partition coefficient (Wildman–Crippen LogP) is 2.89. The van der Waals surface area contributed by atoms with E-state index in [-0.39, 0.29) is 12.5 Å². The molecule has 2 amide bonds. The van der Waals surface area contributed by atoms with Gasteiger partial charge in [0.2, 0.25) is 0 Å². The second-order valence-corrected chi connectivity index (χ2v) is 8.09. The number of imide groups is 1. The van der Waals surface area contributed by atoms with E-state index in [1.54, 1.807) is 18.2 Å². The number of hydrogen-bond donors (Lipinski definition) is 1. The van der Waals surface area contributed by atoms with Crippen molar-refractivity contribution >= 4 is 46.3 Å². The Morgan fingerprint density at radius 2 is 1.50 bits per heavy atom. The van der Waals surface area contributed by atoms with Crippen LogP contribution in [-0.2, 0) is 9.59 Å². The molecule has 0 atom stereocenters. The third-order valence-corrected chi connectivity index (χ3v) is 5.77. The average Bonchev–Trinajstić information content (AvgIpc) is 2.99. The first-order valence-electron chi connectivity index (χ1n) is 9.72. The molecule has 30 heavy (non-hydrogen) atoms. The molecule has 0 saturated carbocycles. The van der Waals surface area contributed by atoms with E-state index in [4.69, 9.17) is 23.2 Å². The summed E-state index contributed by atoms with van der Waals surface area (Å²) in [4.78, 5) is 32.2. The molecule has 1 fully saturated rings. The van der Waals surface area contributed by atoms with Crippen LogP contribution in [0.25, 0.3) is 5.57 Å². The topological polar surface area (TPSA) is 64.1 Å². The Morgan fingerprint density at radius 3 is 2.10 bits per heavy atom. The molecule has 0 spiro atoms. The minimum absolute atomic E-state index is 0.0959. The van der Waals surface area contributed by atoms with Gasteiger partial charge in [-0.05, 0) is 23.8 Å². The molecule has 0 aromatic heterocycles. The summed E-state index contributed by atoms with van der Waals surface area (Å²) >= 11 is 12.2. The molecule has 2 aliphatic rings. The molecule has 8 heteroatoms. The molecule has 0 unspecified atom stereocenters. The number of amides is 2. The molecule has 2 aromatic rings. The lowest BCUT2D eigenvalue weighted by Crippen LogP contribution is -2.48. The van der Waals surface area contributed by atoms with Crippen LogP contribution in [-0.4, -0.2) is 66.1 Å². The summed E-state index contributed by atoms with van der Waals surface area (Å²) in [6, 6.07) is 13.9. The summed E-state index contributed by atoms with van der Waals surface area (Å²) in [6.07, 6.45) is 0.